The van der Waals surface area contributed by atoms with Gasteiger partial charge in [0.05, 0.1) is 34.3 Å². The maximum atomic E-state index is 15.8. The predicted molar refractivity (Wildman–Crippen MR) is 163 cm³/mol. The van der Waals surface area contributed by atoms with E-state index in [0.29, 0.717) is 56.4 Å². The molecular formula is C31H32ClFN6O4. The van der Waals surface area contributed by atoms with Gasteiger partial charge in [0.15, 0.2) is 0 Å². The van der Waals surface area contributed by atoms with Gasteiger partial charge in [-0.2, -0.15) is 0 Å². The Labute approximate surface area is 252 Å². The number of carbonyl (C=O) groups is 1. The highest BCUT2D eigenvalue weighted by molar-refractivity contribution is 6.38. The van der Waals surface area contributed by atoms with E-state index in [0.717, 1.165) is 24.6 Å². The zero-order valence-electron chi connectivity index (χ0n) is 23.7. The van der Waals surface area contributed by atoms with Crippen LogP contribution in [0.1, 0.15) is 29.3 Å². The van der Waals surface area contributed by atoms with Crippen molar-refractivity contribution < 1.29 is 19.0 Å². The quantitative estimate of drug-likeness (QED) is 0.316. The van der Waals surface area contributed by atoms with Crippen LogP contribution in [0.5, 0.6) is 0 Å². The number of fused-ring (bicyclic) bond motifs is 1. The maximum absolute atomic E-state index is 15.8. The third-order valence-electron chi connectivity index (χ3n) is 7.95. The monoisotopic (exact) mass is 606 g/mol. The molecule has 224 valence electrons. The number of rotatable bonds is 7. The summed E-state index contributed by atoms with van der Waals surface area (Å²) >= 11 is 6.99. The number of benzene rings is 2. The Morgan fingerprint density at radius 3 is 2.44 bits per heavy atom. The summed E-state index contributed by atoms with van der Waals surface area (Å²) in [4.78, 5) is 41.0. The number of piperazine rings is 1. The van der Waals surface area contributed by atoms with Crippen LogP contribution in [-0.2, 0) is 11.3 Å². The van der Waals surface area contributed by atoms with Crippen LogP contribution in [0.3, 0.4) is 0 Å². The Morgan fingerprint density at radius 1 is 1.09 bits per heavy atom. The fourth-order valence-electron chi connectivity index (χ4n) is 5.81. The minimum Gasteiger partial charge on any atom is -0.462 e. The molecule has 2 saturated heterocycles. The van der Waals surface area contributed by atoms with E-state index < -0.39 is 17.2 Å². The summed E-state index contributed by atoms with van der Waals surface area (Å²) in [5, 5.41) is 9.95. The van der Waals surface area contributed by atoms with Gasteiger partial charge in [0.25, 0.3) is 0 Å². The molecule has 4 aromatic rings. The molecule has 43 heavy (non-hydrogen) atoms. The Balaban J connectivity index is 1.40. The van der Waals surface area contributed by atoms with Gasteiger partial charge in [-0.15, -0.1) is 0 Å². The minimum absolute atomic E-state index is 0.0109. The zero-order chi connectivity index (χ0) is 30.1. The minimum atomic E-state index is -0.785. The lowest BCUT2D eigenvalue weighted by molar-refractivity contribution is 0.0524. The number of halogens is 2. The number of likely N-dealkylation sites (tertiary alicyclic amines) is 1. The summed E-state index contributed by atoms with van der Waals surface area (Å²) in [6.07, 6.45) is 5.24. The molecular weight excluding hydrogens is 575 g/mol. The molecule has 2 aromatic heterocycles. The van der Waals surface area contributed by atoms with Crippen LogP contribution in [0.15, 0.2) is 59.8 Å². The van der Waals surface area contributed by atoms with Crippen LogP contribution in [-0.4, -0.2) is 82.5 Å². The molecule has 10 nitrogen and oxygen atoms in total. The lowest BCUT2D eigenvalue weighted by Crippen LogP contribution is -2.47. The van der Waals surface area contributed by atoms with Crippen molar-refractivity contribution in [3.05, 3.63) is 87.2 Å². The predicted octanol–water partition coefficient (Wildman–Crippen LogP) is 3.64. The molecule has 0 bridgehead atoms. The number of aliphatic hydroxyl groups excluding tert-OH is 1. The van der Waals surface area contributed by atoms with Gasteiger partial charge in [-0.3, -0.25) is 9.69 Å². The molecule has 4 heterocycles. The van der Waals surface area contributed by atoms with Crippen molar-refractivity contribution in [2.75, 3.05) is 55.7 Å². The van der Waals surface area contributed by atoms with Crippen molar-refractivity contribution in [3.8, 4) is 5.69 Å². The smallest absolute Gasteiger partial charge is 0.343 e. The second-order valence-electron chi connectivity index (χ2n) is 10.7. The largest absolute Gasteiger partial charge is 0.462 e. The van der Waals surface area contributed by atoms with Crippen molar-refractivity contribution in [1.29, 1.82) is 0 Å². The summed E-state index contributed by atoms with van der Waals surface area (Å²) in [6, 6.07) is 10.6. The maximum Gasteiger partial charge on any atom is 0.343 e. The van der Waals surface area contributed by atoms with Crippen LogP contribution >= 0.6 is 11.6 Å². The SMILES string of the molecule is CCOC(=O)c1cn(-c2ccc(CN3CC[C@H](O)C3)cc2)c2c(Cl)c(N3CCN(c4ncccn4)CC3)c(F)cc2c1=O. The highest BCUT2D eigenvalue weighted by atomic mass is 35.5. The first-order valence-electron chi connectivity index (χ1n) is 14.3. The van der Waals surface area contributed by atoms with Crippen molar-refractivity contribution in [2.24, 2.45) is 0 Å². The average Bonchev–Trinajstić information content (AvgIpc) is 3.43. The molecule has 2 aromatic carbocycles. The number of pyridine rings is 1. The zero-order valence-corrected chi connectivity index (χ0v) is 24.5. The van der Waals surface area contributed by atoms with Gasteiger partial charge in [-0.05, 0) is 43.2 Å². The van der Waals surface area contributed by atoms with E-state index in [4.69, 9.17) is 16.3 Å². The first-order chi connectivity index (χ1) is 20.8. The fraction of sp³-hybridized carbons (Fsp3) is 0.355. The molecule has 12 heteroatoms. The van der Waals surface area contributed by atoms with E-state index in [1.165, 1.54) is 6.20 Å². The number of β-amino-alcohol motifs (C(OH)–C–C–N with tert-alkyl or cyclic N) is 1. The number of esters is 1. The highest BCUT2D eigenvalue weighted by Crippen LogP contribution is 2.37. The number of hydrogen-bond donors (Lipinski definition) is 1. The third-order valence-corrected chi connectivity index (χ3v) is 8.31. The molecule has 0 radical (unpaired) electrons. The first kappa shape index (κ1) is 29.0. The molecule has 2 aliphatic rings. The third kappa shape index (κ3) is 5.80. The van der Waals surface area contributed by atoms with Gasteiger partial charge in [-0.1, -0.05) is 23.7 Å². The summed E-state index contributed by atoms with van der Waals surface area (Å²) in [6.45, 7) is 5.93. The van der Waals surface area contributed by atoms with Gasteiger partial charge < -0.3 is 24.2 Å². The highest BCUT2D eigenvalue weighted by Gasteiger charge is 2.28. The summed E-state index contributed by atoms with van der Waals surface area (Å²) < 4.78 is 22.6. The molecule has 1 N–H and O–H groups in total. The fourth-order valence-corrected chi connectivity index (χ4v) is 6.22. The normalized spacial score (nSPS) is 17.5. The van der Waals surface area contributed by atoms with Gasteiger partial charge in [0, 0.05) is 70.1 Å². The topological polar surface area (TPSA) is 104 Å². The summed E-state index contributed by atoms with van der Waals surface area (Å²) in [7, 11) is 0. The number of hydrogen-bond acceptors (Lipinski definition) is 9. The van der Waals surface area contributed by atoms with Crippen LogP contribution < -0.4 is 15.2 Å². The number of ether oxygens (including phenoxy) is 1. The van der Waals surface area contributed by atoms with Gasteiger partial charge in [0.1, 0.15) is 11.4 Å². The van der Waals surface area contributed by atoms with Crippen LogP contribution in [0.2, 0.25) is 5.02 Å². The molecule has 0 amide bonds. The lowest BCUT2D eigenvalue weighted by Gasteiger charge is -2.36. The number of anilines is 2. The number of aliphatic hydroxyl groups is 1. The Morgan fingerprint density at radius 2 is 1.79 bits per heavy atom. The van der Waals surface area contributed by atoms with Gasteiger partial charge >= 0.3 is 5.97 Å². The van der Waals surface area contributed by atoms with Crippen molar-refractivity contribution in [3.63, 3.8) is 0 Å². The molecule has 2 aliphatic heterocycles. The van der Waals surface area contributed by atoms with E-state index in [2.05, 4.69) is 14.9 Å². The number of carbonyl (C=O) groups excluding carboxylic acids is 1. The van der Waals surface area contributed by atoms with Gasteiger partial charge in [-0.25, -0.2) is 19.2 Å². The standard InChI is InChI=1S/C31H32ClFN6O4/c1-2-43-30(42)24-19-39(21-6-4-20(5-7-21)17-36-11-8-22(40)18-36)27-23(29(24)41)16-25(33)28(26(27)32)37-12-14-38(15-13-37)31-34-9-3-10-35-31/h3-7,9-10,16,19,22,40H,2,8,11-15,17-18H2,1H3/t22-/m0/s1. The van der Waals surface area contributed by atoms with Crippen LogP contribution in [0.4, 0.5) is 16.0 Å². The van der Waals surface area contributed by atoms with E-state index in [-0.39, 0.29) is 34.4 Å². The summed E-state index contributed by atoms with van der Waals surface area (Å²) in [5.41, 5.74) is 1.35. The van der Waals surface area contributed by atoms with E-state index in [1.807, 2.05) is 34.1 Å². The van der Waals surface area contributed by atoms with E-state index in [9.17, 15) is 14.7 Å². The molecule has 6 rings (SSSR count). The van der Waals surface area contributed by atoms with E-state index >= 15 is 4.39 Å². The number of nitrogens with zero attached hydrogens (tertiary/aromatic N) is 6. The molecule has 0 unspecified atom stereocenters. The molecule has 1 atom stereocenters. The Kier molecular flexibility index (Phi) is 8.29. The number of aromatic nitrogens is 3. The average molecular weight is 607 g/mol. The lowest BCUT2D eigenvalue weighted by atomic mass is 10.1. The molecule has 0 spiro atoms. The first-order valence-corrected chi connectivity index (χ1v) is 14.7. The molecule has 0 aliphatic carbocycles. The van der Waals surface area contributed by atoms with Crippen molar-refractivity contribution >= 4 is 40.1 Å². The molecule has 2 fully saturated rings. The van der Waals surface area contributed by atoms with E-state index in [1.54, 1.807) is 30.0 Å². The van der Waals surface area contributed by atoms with Crippen LogP contribution in [0, 0.1) is 5.82 Å². The van der Waals surface area contributed by atoms with Crippen molar-refractivity contribution in [1.82, 2.24) is 19.4 Å². The summed E-state index contributed by atoms with van der Waals surface area (Å²) in [5.74, 6) is -0.821. The molecule has 0 saturated carbocycles. The second kappa shape index (κ2) is 12.3. The Hall–Kier alpha value is -4.06. The van der Waals surface area contributed by atoms with Crippen molar-refractivity contribution in [2.45, 2.75) is 26.0 Å². The van der Waals surface area contributed by atoms with Crippen LogP contribution in [0.25, 0.3) is 16.6 Å². The van der Waals surface area contributed by atoms with Gasteiger partial charge in [0.2, 0.25) is 11.4 Å². The Bertz CT molecular complexity index is 1690. The second-order valence-corrected chi connectivity index (χ2v) is 11.1.